The van der Waals surface area contributed by atoms with Gasteiger partial charge in [-0.1, -0.05) is 19.1 Å². The van der Waals surface area contributed by atoms with E-state index in [0.29, 0.717) is 71.9 Å². The zero-order valence-electron chi connectivity index (χ0n) is 42.1. The number of hydrogen-bond donors (Lipinski definition) is 3. The van der Waals surface area contributed by atoms with Crippen LogP contribution >= 0.6 is 23.1 Å². The monoisotopic (exact) mass is 1060 g/mol. The smallest absolute Gasteiger partial charge is 0.255 e. The number of nitrogens with one attached hydrogen (secondary N) is 3. The summed E-state index contributed by atoms with van der Waals surface area (Å²) in [7, 11) is -1.07. The van der Waals surface area contributed by atoms with Gasteiger partial charge < -0.3 is 39.5 Å². The molecule has 5 aromatic rings. The number of carbonyl (C=O) groups is 4. The van der Waals surface area contributed by atoms with Crippen molar-refractivity contribution in [1.29, 1.82) is 0 Å². The number of nitrogens with zero attached hydrogens (tertiary/aromatic N) is 8. The third-order valence-corrected chi connectivity index (χ3v) is 17.5. The van der Waals surface area contributed by atoms with Gasteiger partial charge in [0, 0.05) is 110 Å². The van der Waals surface area contributed by atoms with Gasteiger partial charge in [-0.15, -0.1) is 0 Å². The minimum atomic E-state index is -2.74. The van der Waals surface area contributed by atoms with Crippen LogP contribution in [0.15, 0.2) is 65.3 Å². The number of amides is 4. The van der Waals surface area contributed by atoms with Crippen LogP contribution in [0.1, 0.15) is 73.6 Å². The number of anilines is 6. The third-order valence-electron chi connectivity index (χ3n) is 15.3. The van der Waals surface area contributed by atoms with Crippen molar-refractivity contribution < 1.29 is 28.5 Å². The Hall–Kier alpha value is -6.10. The maximum Gasteiger partial charge on any atom is 0.255 e. The predicted molar refractivity (Wildman–Crippen MR) is 285 cm³/mol. The highest BCUT2D eigenvalue weighted by Crippen LogP contribution is 2.45. The van der Waals surface area contributed by atoms with Crippen LogP contribution in [-0.2, 0) is 30.9 Å². The van der Waals surface area contributed by atoms with Crippen LogP contribution in [0.2, 0.25) is 0 Å². The van der Waals surface area contributed by atoms with Gasteiger partial charge in [0.2, 0.25) is 23.7 Å². The minimum Gasteiger partial charge on any atom is -0.494 e. The molecule has 2 aromatic heterocycles. The van der Waals surface area contributed by atoms with Gasteiger partial charge in [-0.05, 0) is 123 Å². The topological polar surface area (TPSA) is 186 Å². The molecule has 0 aliphatic carbocycles. The first-order valence-corrected chi connectivity index (χ1v) is 28.4. The number of hydrogen-bond acceptors (Lipinski definition) is 14. The molecule has 72 heavy (non-hydrogen) atoms. The van der Waals surface area contributed by atoms with E-state index in [2.05, 4.69) is 75.6 Å². The molecule has 5 aliphatic heterocycles. The molecule has 3 aromatic carbocycles. The number of pyridine rings is 1. The van der Waals surface area contributed by atoms with E-state index in [1.54, 1.807) is 31.5 Å². The van der Waals surface area contributed by atoms with Gasteiger partial charge in [0.25, 0.3) is 5.91 Å². The van der Waals surface area contributed by atoms with Crippen molar-refractivity contribution in [3.8, 4) is 5.75 Å². The van der Waals surface area contributed by atoms with Crippen LogP contribution < -0.4 is 35.8 Å². The number of aromatic nitrogens is 3. The van der Waals surface area contributed by atoms with E-state index in [-0.39, 0.29) is 30.1 Å². The molecule has 0 radical (unpaired) electrons. The molecule has 4 saturated heterocycles. The second-order valence-corrected chi connectivity index (χ2v) is 24.6. The first kappa shape index (κ1) is 49.5. The lowest BCUT2D eigenvalue weighted by atomic mass is 9.90. The average Bonchev–Trinajstić information content (AvgIpc) is 3.54. The number of halogens is 1. The van der Waals surface area contributed by atoms with Crippen molar-refractivity contribution in [3.63, 3.8) is 0 Å². The zero-order chi connectivity index (χ0) is 50.8. The molecule has 1 unspecified atom stereocenters. The second kappa shape index (κ2) is 19.4. The standard InChI is InChI=1S/C53H63BrN11O6P/c1-8-32-25-42(58-52-55-28-39(54)48(60-52)57-41-14-13-40-36(11-9-31(2)56-40)47(41)72(6,7)70)45(71-5)27-44(32)62-19-17-34(18-20-62)61-21-23-63(24-22-61)50(68)33-29-64(30-33)35-10-12-38-37(26-35)51(69)65(53(38,3)4)43-15-16-46(66)59-49(43)67/h9-14,25-28,33-34,43H,8,15-24,29-30H2,1-7H3,(H,59,66,67)(H2,55,57,58,60). The highest BCUT2D eigenvalue weighted by molar-refractivity contribution is 9.10. The summed E-state index contributed by atoms with van der Waals surface area (Å²) in [5.74, 6) is 0.740. The number of ether oxygens (including phenoxy) is 1. The number of benzene rings is 3. The van der Waals surface area contributed by atoms with Gasteiger partial charge in [0.1, 0.15) is 24.8 Å². The Morgan fingerprint density at radius 3 is 2.35 bits per heavy atom. The lowest BCUT2D eigenvalue weighted by Gasteiger charge is -2.46. The van der Waals surface area contributed by atoms with Crippen LogP contribution in [0.3, 0.4) is 0 Å². The summed E-state index contributed by atoms with van der Waals surface area (Å²) in [6, 6.07) is 17.6. The maximum absolute atomic E-state index is 13.8. The van der Waals surface area contributed by atoms with Gasteiger partial charge in [-0.25, -0.2) is 4.98 Å². The average molecular weight is 1060 g/mol. The Kier molecular flexibility index (Phi) is 13.3. The van der Waals surface area contributed by atoms with Gasteiger partial charge in [-0.2, -0.15) is 4.98 Å². The summed E-state index contributed by atoms with van der Waals surface area (Å²) >= 11 is 3.62. The molecule has 10 rings (SSSR count). The summed E-state index contributed by atoms with van der Waals surface area (Å²) in [5, 5.41) is 10.8. The first-order chi connectivity index (χ1) is 34.4. The Labute approximate surface area is 428 Å². The van der Waals surface area contributed by atoms with Gasteiger partial charge in [0.15, 0.2) is 0 Å². The van der Waals surface area contributed by atoms with Crippen LogP contribution in [-0.4, -0.2) is 138 Å². The zero-order valence-corrected chi connectivity index (χ0v) is 44.5. The molecule has 19 heteroatoms. The Morgan fingerprint density at radius 2 is 1.65 bits per heavy atom. The number of piperidine rings is 2. The Morgan fingerprint density at radius 1 is 0.903 bits per heavy atom. The van der Waals surface area contributed by atoms with Crippen molar-refractivity contribution in [2.24, 2.45) is 5.92 Å². The number of methoxy groups -OCH3 is 1. The van der Waals surface area contributed by atoms with E-state index in [1.807, 2.05) is 68.1 Å². The van der Waals surface area contributed by atoms with Crippen LogP contribution in [0.5, 0.6) is 5.75 Å². The van der Waals surface area contributed by atoms with E-state index in [0.717, 1.165) is 90.0 Å². The number of piperazine rings is 1. The molecule has 4 amide bonds. The van der Waals surface area contributed by atoms with E-state index in [4.69, 9.17) is 9.72 Å². The van der Waals surface area contributed by atoms with E-state index in [1.165, 1.54) is 5.56 Å². The fourth-order valence-electron chi connectivity index (χ4n) is 11.5. The van der Waals surface area contributed by atoms with Crippen LogP contribution in [0.25, 0.3) is 10.9 Å². The van der Waals surface area contributed by atoms with Gasteiger partial charge >= 0.3 is 0 Å². The summed E-state index contributed by atoms with van der Waals surface area (Å²) in [6.07, 6.45) is 5.06. The number of carbonyl (C=O) groups excluding carboxylic acids is 4. The molecule has 4 fully saturated rings. The van der Waals surface area contributed by atoms with Crippen molar-refractivity contribution in [2.45, 2.75) is 77.4 Å². The molecule has 17 nitrogen and oxygen atoms in total. The summed E-state index contributed by atoms with van der Waals surface area (Å²) in [5.41, 5.74) is 7.11. The highest BCUT2D eigenvalue weighted by atomic mass is 79.9. The molecule has 0 spiro atoms. The fourth-order valence-corrected chi connectivity index (χ4v) is 13.3. The van der Waals surface area contributed by atoms with Gasteiger partial charge in [-0.3, -0.25) is 34.4 Å². The molecule has 5 aliphatic rings. The Bertz CT molecular complexity index is 3050. The van der Waals surface area contributed by atoms with E-state index in [9.17, 15) is 23.7 Å². The molecule has 378 valence electrons. The maximum atomic E-state index is 13.8. The van der Waals surface area contributed by atoms with Crippen molar-refractivity contribution in [1.82, 2.24) is 35.0 Å². The molecule has 3 N–H and O–H groups in total. The molecule has 7 heterocycles. The summed E-state index contributed by atoms with van der Waals surface area (Å²) < 4.78 is 20.3. The minimum absolute atomic E-state index is 0.0974. The van der Waals surface area contributed by atoms with Gasteiger partial charge in [0.05, 0.1) is 39.9 Å². The number of imide groups is 1. The number of aryl methyl sites for hydroxylation is 2. The quantitative estimate of drug-likeness (QED) is 0.0846. The fraction of sp³-hybridized carbons (Fsp3) is 0.453. The second-order valence-electron chi connectivity index (χ2n) is 20.6. The Balaban J connectivity index is 0.729. The normalized spacial score (nSPS) is 19.9. The van der Waals surface area contributed by atoms with Crippen LogP contribution in [0.4, 0.5) is 34.5 Å². The third kappa shape index (κ3) is 9.30. The predicted octanol–water partition coefficient (Wildman–Crippen LogP) is 7.15. The van der Waals surface area contributed by atoms with E-state index < -0.39 is 24.6 Å². The lowest BCUT2D eigenvalue weighted by molar-refractivity contribution is -0.139. The lowest BCUT2D eigenvalue weighted by Crippen LogP contribution is -2.59. The van der Waals surface area contributed by atoms with Crippen molar-refractivity contribution in [3.05, 3.63) is 87.7 Å². The summed E-state index contributed by atoms with van der Waals surface area (Å²) in [4.78, 5) is 77.1. The molecular weight excluding hydrogens is 998 g/mol. The molecular formula is C53H63BrN11O6P. The van der Waals surface area contributed by atoms with Crippen molar-refractivity contribution in [2.75, 3.05) is 93.2 Å². The van der Waals surface area contributed by atoms with Crippen LogP contribution in [0, 0.1) is 12.8 Å². The first-order valence-electron chi connectivity index (χ1n) is 25.0. The molecule has 0 bridgehead atoms. The largest absolute Gasteiger partial charge is 0.494 e. The SMILES string of the molecule is CCc1cc(Nc2ncc(Br)c(Nc3ccc4nc(C)ccc4c3P(C)(C)=O)n2)c(OC)cc1N1CCC(N2CCN(C(=O)C3CN(c4ccc5c(c4)C(=O)N(C4CCC(=O)NC4=O)C5(C)C)C3)CC2)CC1. The van der Waals surface area contributed by atoms with Crippen molar-refractivity contribution >= 4 is 97.4 Å². The van der Waals surface area contributed by atoms with E-state index >= 15 is 0 Å². The summed E-state index contributed by atoms with van der Waals surface area (Å²) in [6.45, 7) is 17.7. The number of rotatable bonds is 12. The highest BCUT2D eigenvalue weighted by Gasteiger charge is 2.50. The number of fused-ring (bicyclic) bond motifs is 2. The molecule has 0 saturated carbocycles. The molecule has 1 atom stereocenters.